The summed E-state index contributed by atoms with van der Waals surface area (Å²) < 4.78 is 45.6. The van der Waals surface area contributed by atoms with E-state index in [1.807, 2.05) is 4.90 Å². The maximum absolute atomic E-state index is 12.8. The van der Waals surface area contributed by atoms with E-state index >= 15 is 0 Å². The van der Waals surface area contributed by atoms with Crippen molar-refractivity contribution in [2.24, 2.45) is 0 Å². The Morgan fingerprint density at radius 3 is 2.54 bits per heavy atom. The van der Waals surface area contributed by atoms with Crippen LogP contribution in [0.2, 0.25) is 0 Å². The van der Waals surface area contributed by atoms with Crippen LogP contribution in [-0.2, 0) is 10.9 Å². The standard InChI is InChI=1S/C18H17F3N6O/c19-18(20,21)13-4-2-12(3-5-13)14-10-26(8-9-28-14)16-15(22)17(24-11-23-16)27-7-1-6-25-27/h1-7,11,14H,8-10,22H2. The van der Waals surface area contributed by atoms with Gasteiger partial charge in [-0.2, -0.15) is 18.3 Å². The van der Waals surface area contributed by atoms with Crippen LogP contribution in [0.1, 0.15) is 17.2 Å². The van der Waals surface area contributed by atoms with Gasteiger partial charge in [-0.1, -0.05) is 12.1 Å². The van der Waals surface area contributed by atoms with Gasteiger partial charge in [0.2, 0.25) is 0 Å². The van der Waals surface area contributed by atoms with Crippen LogP contribution in [0.15, 0.2) is 49.1 Å². The van der Waals surface area contributed by atoms with E-state index < -0.39 is 17.8 Å². The number of alkyl halides is 3. The Hall–Kier alpha value is -3.14. The number of morpholine rings is 1. The van der Waals surface area contributed by atoms with Crippen molar-refractivity contribution in [3.05, 3.63) is 60.2 Å². The Labute approximate surface area is 158 Å². The summed E-state index contributed by atoms with van der Waals surface area (Å²) in [6.07, 6.45) is 0.00361. The van der Waals surface area contributed by atoms with Crippen LogP contribution in [0.5, 0.6) is 0 Å². The number of nitrogens with zero attached hydrogens (tertiary/aromatic N) is 5. The van der Waals surface area contributed by atoms with Crippen molar-refractivity contribution in [2.45, 2.75) is 12.3 Å². The molecule has 0 amide bonds. The van der Waals surface area contributed by atoms with E-state index in [4.69, 9.17) is 10.5 Å². The summed E-state index contributed by atoms with van der Waals surface area (Å²) in [7, 11) is 0. The number of aromatic nitrogens is 4. The first-order chi connectivity index (χ1) is 13.4. The molecule has 0 spiro atoms. The minimum absolute atomic E-state index is 0.374. The monoisotopic (exact) mass is 390 g/mol. The third-order valence-corrected chi connectivity index (χ3v) is 4.54. The Morgan fingerprint density at radius 1 is 1.11 bits per heavy atom. The third kappa shape index (κ3) is 3.50. The molecule has 0 radical (unpaired) electrons. The molecule has 3 heterocycles. The maximum atomic E-state index is 12.8. The van der Waals surface area contributed by atoms with Crippen molar-refractivity contribution >= 4 is 11.5 Å². The summed E-state index contributed by atoms with van der Waals surface area (Å²) >= 11 is 0. The highest BCUT2D eigenvalue weighted by Gasteiger charge is 2.31. The average Bonchev–Trinajstić information content (AvgIpc) is 3.22. The summed E-state index contributed by atoms with van der Waals surface area (Å²) in [6, 6.07) is 6.76. The summed E-state index contributed by atoms with van der Waals surface area (Å²) in [5, 5.41) is 4.14. The van der Waals surface area contributed by atoms with Gasteiger partial charge in [-0.25, -0.2) is 14.6 Å². The Kier molecular flexibility index (Phi) is 4.63. The Bertz CT molecular complexity index is 943. The van der Waals surface area contributed by atoms with Gasteiger partial charge >= 0.3 is 6.18 Å². The van der Waals surface area contributed by atoms with Crippen LogP contribution in [0, 0.1) is 0 Å². The lowest BCUT2D eigenvalue weighted by Gasteiger charge is -2.34. The van der Waals surface area contributed by atoms with Crippen LogP contribution in [0.4, 0.5) is 24.7 Å². The summed E-state index contributed by atoms with van der Waals surface area (Å²) in [4.78, 5) is 10.4. The number of halogens is 3. The lowest BCUT2D eigenvalue weighted by atomic mass is 10.1. The molecule has 4 rings (SSSR count). The molecule has 1 fully saturated rings. The van der Waals surface area contributed by atoms with Crippen molar-refractivity contribution in [2.75, 3.05) is 30.3 Å². The second-order valence-corrected chi connectivity index (χ2v) is 6.31. The number of ether oxygens (including phenoxy) is 1. The van der Waals surface area contributed by atoms with Gasteiger partial charge in [0.05, 0.1) is 12.2 Å². The van der Waals surface area contributed by atoms with Gasteiger partial charge in [-0.15, -0.1) is 0 Å². The molecule has 2 aromatic heterocycles. The van der Waals surface area contributed by atoms with Gasteiger partial charge in [-0.05, 0) is 23.8 Å². The third-order valence-electron chi connectivity index (χ3n) is 4.54. The second-order valence-electron chi connectivity index (χ2n) is 6.31. The minimum atomic E-state index is -4.36. The van der Waals surface area contributed by atoms with Crippen molar-refractivity contribution in [3.8, 4) is 5.82 Å². The number of benzene rings is 1. The zero-order valence-electron chi connectivity index (χ0n) is 14.7. The fourth-order valence-corrected chi connectivity index (χ4v) is 3.14. The average molecular weight is 390 g/mol. The van der Waals surface area contributed by atoms with Gasteiger partial charge in [0.15, 0.2) is 11.6 Å². The van der Waals surface area contributed by atoms with Crippen molar-refractivity contribution in [1.82, 2.24) is 19.7 Å². The number of anilines is 2. The molecule has 3 aromatic rings. The molecule has 1 aliphatic heterocycles. The van der Waals surface area contributed by atoms with E-state index in [0.717, 1.165) is 12.1 Å². The van der Waals surface area contributed by atoms with Crippen molar-refractivity contribution in [3.63, 3.8) is 0 Å². The predicted molar refractivity (Wildman–Crippen MR) is 95.9 cm³/mol. The van der Waals surface area contributed by atoms with Crippen LogP contribution < -0.4 is 10.6 Å². The van der Waals surface area contributed by atoms with E-state index in [2.05, 4.69) is 15.1 Å². The van der Waals surface area contributed by atoms with Gasteiger partial charge in [0.25, 0.3) is 0 Å². The molecule has 1 unspecified atom stereocenters. The second kappa shape index (κ2) is 7.12. The molecular formula is C18H17F3N6O. The smallest absolute Gasteiger partial charge is 0.393 e. The molecule has 10 heteroatoms. The number of rotatable bonds is 3. The SMILES string of the molecule is Nc1c(N2CCOC(c3ccc(C(F)(F)F)cc3)C2)ncnc1-n1cccn1. The molecule has 0 aliphatic carbocycles. The van der Waals surface area contributed by atoms with Crippen molar-refractivity contribution < 1.29 is 17.9 Å². The molecular weight excluding hydrogens is 373 g/mol. The largest absolute Gasteiger partial charge is 0.416 e. The number of nitrogens with two attached hydrogens (primary N) is 1. The predicted octanol–water partition coefficient (Wildman–Crippen LogP) is 2.84. The van der Waals surface area contributed by atoms with Crippen molar-refractivity contribution in [1.29, 1.82) is 0 Å². The van der Waals surface area contributed by atoms with Crippen LogP contribution in [0.25, 0.3) is 5.82 Å². The van der Waals surface area contributed by atoms with E-state index in [1.165, 1.54) is 18.5 Å². The topological polar surface area (TPSA) is 82.1 Å². The fourth-order valence-electron chi connectivity index (χ4n) is 3.14. The zero-order chi connectivity index (χ0) is 19.7. The van der Waals surface area contributed by atoms with E-state index in [9.17, 15) is 13.2 Å². The molecule has 0 saturated carbocycles. The Morgan fingerprint density at radius 2 is 1.86 bits per heavy atom. The van der Waals surface area contributed by atoms with E-state index in [-0.39, 0.29) is 0 Å². The highest BCUT2D eigenvalue weighted by molar-refractivity contribution is 5.70. The van der Waals surface area contributed by atoms with Crippen LogP contribution >= 0.6 is 0 Å². The molecule has 1 aliphatic rings. The highest BCUT2D eigenvalue weighted by Crippen LogP contribution is 2.33. The van der Waals surface area contributed by atoms with Gasteiger partial charge in [-0.3, -0.25) is 0 Å². The maximum Gasteiger partial charge on any atom is 0.416 e. The minimum Gasteiger partial charge on any atom is -0.393 e. The quantitative estimate of drug-likeness (QED) is 0.741. The van der Waals surface area contributed by atoms with Crippen LogP contribution in [-0.4, -0.2) is 39.4 Å². The molecule has 7 nitrogen and oxygen atoms in total. The fraction of sp³-hybridized carbons (Fsp3) is 0.278. The van der Waals surface area contributed by atoms with Gasteiger partial charge in [0, 0.05) is 25.5 Å². The first kappa shape index (κ1) is 18.2. The number of hydrogen-bond donors (Lipinski definition) is 1. The molecule has 2 N–H and O–H groups in total. The first-order valence-electron chi connectivity index (χ1n) is 8.57. The first-order valence-corrected chi connectivity index (χ1v) is 8.57. The van der Waals surface area contributed by atoms with E-state index in [0.29, 0.717) is 42.6 Å². The molecule has 146 valence electrons. The number of hydrogen-bond acceptors (Lipinski definition) is 6. The summed E-state index contributed by atoms with van der Waals surface area (Å²) in [5.74, 6) is 1.01. The van der Waals surface area contributed by atoms with Gasteiger partial charge in [0.1, 0.15) is 18.1 Å². The Balaban J connectivity index is 1.57. The lowest BCUT2D eigenvalue weighted by Crippen LogP contribution is -2.39. The normalized spacial score (nSPS) is 17.7. The van der Waals surface area contributed by atoms with Crippen LogP contribution in [0.3, 0.4) is 0 Å². The molecule has 1 atom stereocenters. The number of nitrogen functional groups attached to an aromatic ring is 1. The molecule has 1 aromatic carbocycles. The van der Waals surface area contributed by atoms with E-state index in [1.54, 1.807) is 23.1 Å². The zero-order valence-corrected chi connectivity index (χ0v) is 14.7. The van der Waals surface area contributed by atoms with Gasteiger partial charge < -0.3 is 15.4 Å². The summed E-state index contributed by atoms with van der Waals surface area (Å²) in [6.45, 7) is 1.36. The lowest BCUT2D eigenvalue weighted by molar-refractivity contribution is -0.137. The molecule has 0 bridgehead atoms. The molecule has 1 saturated heterocycles. The highest BCUT2D eigenvalue weighted by atomic mass is 19.4. The molecule has 28 heavy (non-hydrogen) atoms. The summed E-state index contributed by atoms with van der Waals surface area (Å²) in [5.41, 5.74) is 6.62.